The van der Waals surface area contributed by atoms with Gasteiger partial charge < -0.3 is 20.3 Å². The van der Waals surface area contributed by atoms with E-state index in [1.807, 2.05) is 13.8 Å². The summed E-state index contributed by atoms with van der Waals surface area (Å²) in [7, 11) is 1.47. The van der Waals surface area contributed by atoms with Gasteiger partial charge in [-0.25, -0.2) is 14.0 Å². The summed E-state index contributed by atoms with van der Waals surface area (Å²) in [6.07, 6.45) is 5.24. The molecule has 4 aliphatic rings. The Morgan fingerprint density at radius 2 is 1.97 bits per heavy atom. The molecule has 4 atom stereocenters. The van der Waals surface area contributed by atoms with Crippen LogP contribution in [0.2, 0.25) is 0 Å². The first kappa shape index (κ1) is 25.0. The minimum absolute atomic E-state index is 0.0135. The van der Waals surface area contributed by atoms with E-state index in [1.54, 1.807) is 23.1 Å². The molecule has 5 rings (SSSR count). The fourth-order valence-electron chi connectivity index (χ4n) is 6.27. The standard InChI is InChI=1S/C27H31FN4O5/c1-15-12-17(28)5-6-18(15)22-9-4-16(2)32(22)23(33)13-31-14-27(37-26(31)36)11-10-19-20(27)7-8-21(24(19)34)30-25(35)29-3/h5-8,12,16,19,22H,4,9-11,13-14H2,1-3H3,(H2,29,30,35)/t16?,19?,22?,27-/m0/s1. The number of aryl methyl sites for hydroxylation is 1. The highest BCUT2D eigenvalue weighted by Crippen LogP contribution is 2.48. The van der Waals surface area contributed by atoms with E-state index >= 15 is 0 Å². The number of halogens is 1. The second kappa shape index (κ2) is 9.32. The van der Waals surface area contributed by atoms with Crippen molar-refractivity contribution in [3.05, 3.63) is 58.6 Å². The average Bonchev–Trinajstić information content (AvgIpc) is 3.51. The molecule has 2 aliphatic heterocycles. The lowest BCUT2D eigenvalue weighted by Gasteiger charge is -2.31. The van der Waals surface area contributed by atoms with Crippen LogP contribution in [0, 0.1) is 18.7 Å². The van der Waals surface area contributed by atoms with Crippen molar-refractivity contribution in [3.8, 4) is 0 Å². The zero-order chi connectivity index (χ0) is 26.5. The van der Waals surface area contributed by atoms with Gasteiger partial charge in [-0.05, 0) is 74.4 Å². The highest BCUT2D eigenvalue weighted by atomic mass is 19.1. The van der Waals surface area contributed by atoms with Crippen LogP contribution >= 0.6 is 0 Å². The Hall–Kier alpha value is -3.69. The summed E-state index contributed by atoms with van der Waals surface area (Å²) in [6.45, 7) is 3.87. The number of carbonyl (C=O) groups excluding carboxylic acids is 4. The highest BCUT2D eigenvalue weighted by molar-refractivity contribution is 6.03. The Labute approximate surface area is 214 Å². The molecule has 9 nitrogen and oxygen atoms in total. The van der Waals surface area contributed by atoms with Crippen molar-refractivity contribution in [2.75, 3.05) is 20.1 Å². The Morgan fingerprint density at radius 3 is 2.70 bits per heavy atom. The first-order chi connectivity index (χ1) is 17.6. The van der Waals surface area contributed by atoms with Crippen LogP contribution in [0.15, 0.2) is 41.6 Å². The van der Waals surface area contributed by atoms with Crippen LogP contribution in [0.4, 0.5) is 14.0 Å². The molecule has 10 heteroatoms. The van der Waals surface area contributed by atoms with Gasteiger partial charge in [0.2, 0.25) is 5.91 Å². The Morgan fingerprint density at radius 1 is 1.19 bits per heavy atom. The van der Waals surface area contributed by atoms with Gasteiger partial charge in [0.15, 0.2) is 11.4 Å². The van der Waals surface area contributed by atoms with Gasteiger partial charge in [-0.2, -0.15) is 0 Å². The monoisotopic (exact) mass is 510 g/mol. The van der Waals surface area contributed by atoms with Gasteiger partial charge in [0.25, 0.3) is 0 Å². The number of nitrogens with zero attached hydrogens (tertiary/aromatic N) is 2. The quantitative estimate of drug-likeness (QED) is 0.647. The highest BCUT2D eigenvalue weighted by Gasteiger charge is 2.56. The van der Waals surface area contributed by atoms with E-state index in [9.17, 15) is 23.6 Å². The fraction of sp³-hybridized carbons (Fsp3) is 0.481. The zero-order valence-electron chi connectivity index (χ0n) is 21.2. The largest absolute Gasteiger partial charge is 0.436 e. The number of allylic oxidation sites excluding steroid dienone is 3. The van der Waals surface area contributed by atoms with Crippen LogP contribution in [0.1, 0.15) is 49.8 Å². The van der Waals surface area contributed by atoms with Crippen LogP contribution in [0.5, 0.6) is 0 Å². The Balaban J connectivity index is 1.32. The van der Waals surface area contributed by atoms with E-state index in [2.05, 4.69) is 10.6 Å². The molecular weight excluding hydrogens is 479 g/mol. The molecular formula is C27H31FN4O5. The van der Waals surface area contributed by atoms with Gasteiger partial charge in [0.05, 0.1) is 18.3 Å². The van der Waals surface area contributed by atoms with Gasteiger partial charge in [-0.15, -0.1) is 0 Å². The second-order valence-corrected chi connectivity index (χ2v) is 10.3. The smallest absolute Gasteiger partial charge is 0.411 e. The lowest BCUT2D eigenvalue weighted by atomic mass is 9.85. The third-order valence-electron chi connectivity index (χ3n) is 8.09. The summed E-state index contributed by atoms with van der Waals surface area (Å²) in [5.41, 5.74) is 1.65. The number of rotatable bonds is 4. The number of amides is 4. The van der Waals surface area contributed by atoms with E-state index in [0.29, 0.717) is 18.4 Å². The number of carbonyl (C=O) groups is 4. The topological polar surface area (TPSA) is 108 Å². The predicted octanol–water partition coefficient (Wildman–Crippen LogP) is 3.11. The van der Waals surface area contributed by atoms with Gasteiger partial charge in [0.1, 0.15) is 12.4 Å². The van der Waals surface area contributed by atoms with Crippen LogP contribution in [0.25, 0.3) is 0 Å². The van der Waals surface area contributed by atoms with E-state index in [-0.39, 0.29) is 48.4 Å². The third kappa shape index (κ3) is 4.28. The molecule has 0 aromatic heterocycles. The number of ketones is 1. The lowest BCUT2D eigenvalue weighted by molar-refractivity contribution is -0.134. The first-order valence-electron chi connectivity index (χ1n) is 12.6. The SMILES string of the molecule is CNC(=O)NC1=CC=C2C(CC[C@]23CN(CC(=O)N2C(C)CCC2c2ccc(F)cc2C)C(=O)O3)C1=O. The zero-order valence-corrected chi connectivity index (χ0v) is 21.2. The molecule has 1 saturated carbocycles. The van der Waals surface area contributed by atoms with Crippen LogP contribution < -0.4 is 10.6 Å². The van der Waals surface area contributed by atoms with Crippen molar-refractivity contribution < 1.29 is 28.3 Å². The van der Waals surface area contributed by atoms with Gasteiger partial charge in [0, 0.05) is 19.0 Å². The average molecular weight is 511 g/mol. The third-order valence-corrected chi connectivity index (χ3v) is 8.09. The van der Waals surface area contributed by atoms with Crippen LogP contribution in [0.3, 0.4) is 0 Å². The minimum atomic E-state index is -0.962. The predicted molar refractivity (Wildman–Crippen MR) is 132 cm³/mol. The molecule has 1 aromatic rings. The number of benzene rings is 1. The van der Waals surface area contributed by atoms with Crippen molar-refractivity contribution >= 4 is 23.8 Å². The van der Waals surface area contributed by atoms with Gasteiger partial charge in [-0.3, -0.25) is 14.5 Å². The summed E-state index contributed by atoms with van der Waals surface area (Å²) >= 11 is 0. The van der Waals surface area contributed by atoms with E-state index in [1.165, 1.54) is 24.1 Å². The van der Waals surface area contributed by atoms with Crippen molar-refractivity contribution in [1.82, 2.24) is 20.4 Å². The Kier molecular flexibility index (Phi) is 6.29. The van der Waals surface area contributed by atoms with Crippen LogP contribution in [-0.4, -0.2) is 65.4 Å². The minimum Gasteiger partial charge on any atom is -0.436 e. The van der Waals surface area contributed by atoms with Crippen molar-refractivity contribution in [3.63, 3.8) is 0 Å². The number of Topliss-reactive ketones (excluding diaryl/α,β-unsaturated/α-hetero) is 1. The normalized spacial score (nSPS) is 28.7. The number of nitrogens with one attached hydrogen (secondary N) is 2. The molecule has 2 N–H and O–H groups in total. The summed E-state index contributed by atoms with van der Waals surface area (Å²) in [4.78, 5) is 54.3. The maximum atomic E-state index is 13.7. The number of urea groups is 1. The molecule has 37 heavy (non-hydrogen) atoms. The lowest BCUT2D eigenvalue weighted by Crippen LogP contribution is -2.44. The van der Waals surface area contributed by atoms with E-state index < -0.39 is 23.6 Å². The number of fused-ring (bicyclic) bond motifs is 2. The maximum Gasteiger partial charge on any atom is 0.411 e. The molecule has 3 fully saturated rings. The number of ether oxygens (including phenoxy) is 1. The first-order valence-corrected chi connectivity index (χ1v) is 12.6. The molecule has 1 aromatic carbocycles. The second-order valence-electron chi connectivity index (χ2n) is 10.3. The van der Waals surface area contributed by atoms with Crippen LogP contribution in [-0.2, 0) is 14.3 Å². The summed E-state index contributed by atoms with van der Waals surface area (Å²) in [6, 6.07) is 3.95. The number of likely N-dealkylation sites (tertiary alicyclic amines) is 1. The fourth-order valence-corrected chi connectivity index (χ4v) is 6.27. The summed E-state index contributed by atoms with van der Waals surface area (Å²) in [5.74, 6) is -1.20. The molecule has 2 heterocycles. The van der Waals surface area contributed by atoms with Gasteiger partial charge in [-0.1, -0.05) is 12.1 Å². The molecule has 0 radical (unpaired) electrons. The molecule has 4 amide bonds. The maximum absolute atomic E-state index is 13.7. The van der Waals surface area contributed by atoms with Crippen molar-refractivity contribution in [1.29, 1.82) is 0 Å². The Bertz CT molecular complexity index is 1240. The molecule has 2 aliphatic carbocycles. The molecule has 196 valence electrons. The number of hydrogen-bond acceptors (Lipinski definition) is 5. The van der Waals surface area contributed by atoms with Crippen molar-refractivity contribution in [2.45, 2.75) is 57.2 Å². The van der Waals surface area contributed by atoms with Gasteiger partial charge >= 0.3 is 12.1 Å². The number of hydrogen-bond donors (Lipinski definition) is 2. The van der Waals surface area contributed by atoms with E-state index in [4.69, 9.17) is 4.74 Å². The summed E-state index contributed by atoms with van der Waals surface area (Å²) < 4.78 is 19.5. The van der Waals surface area contributed by atoms with E-state index in [0.717, 1.165) is 24.0 Å². The molecule has 2 saturated heterocycles. The van der Waals surface area contributed by atoms with Crippen molar-refractivity contribution in [2.24, 2.45) is 5.92 Å². The molecule has 0 bridgehead atoms. The molecule has 1 spiro atoms. The molecule has 3 unspecified atom stereocenters. The summed E-state index contributed by atoms with van der Waals surface area (Å²) in [5, 5.41) is 4.96.